The molecule has 1 N–H and O–H groups in total. The van der Waals surface area contributed by atoms with E-state index in [4.69, 9.17) is 0 Å². The van der Waals surface area contributed by atoms with Gasteiger partial charge in [0, 0.05) is 12.6 Å². The topological polar surface area (TPSA) is 49.4 Å². The third-order valence-corrected chi connectivity index (χ3v) is 5.59. The van der Waals surface area contributed by atoms with E-state index in [9.17, 15) is 12.8 Å². The number of nitrogens with one attached hydrogen (secondary N) is 1. The lowest BCUT2D eigenvalue weighted by atomic mass is 9.85. The Labute approximate surface area is 112 Å². The van der Waals surface area contributed by atoms with Crippen LogP contribution in [0.5, 0.6) is 0 Å². The molecule has 3 aliphatic heterocycles. The molecule has 0 spiro atoms. The van der Waals surface area contributed by atoms with Gasteiger partial charge in [-0.3, -0.25) is 0 Å². The van der Waals surface area contributed by atoms with E-state index >= 15 is 0 Å². The molecule has 1 aromatic rings. The van der Waals surface area contributed by atoms with Crippen LogP contribution in [0.3, 0.4) is 0 Å². The maximum absolute atomic E-state index is 12.8. The molecule has 4 rings (SSSR count). The lowest BCUT2D eigenvalue weighted by molar-refractivity contribution is 0.0827. The molecule has 0 aliphatic carbocycles. The Hall–Kier alpha value is -0.980. The molecular formula is C13H17FN2O2S. The number of hydrogen-bond acceptors (Lipinski definition) is 3. The zero-order valence-corrected chi connectivity index (χ0v) is 11.4. The Morgan fingerprint density at radius 2 is 1.79 bits per heavy atom. The standard InChI is InChI=1S/C13H17FN2O2S/c14-11-1-3-12(4-2-11)19(17,18)15-13-9-16-7-5-10(13)6-8-16/h1-4,10,13,15H,5-9H2. The van der Waals surface area contributed by atoms with Crippen LogP contribution in [0.1, 0.15) is 12.8 Å². The molecule has 0 saturated carbocycles. The Balaban J connectivity index is 1.76. The van der Waals surface area contributed by atoms with Crippen molar-refractivity contribution in [3.8, 4) is 0 Å². The quantitative estimate of drug-likeness (QED) is 0.907. The molecule has 2 bridgehead atoms. The summed E-state index contributed by atoms with van der Waals surface area (Å²) in [6, 6.07) is 4.94. The molecular weight excluding hydrogens is 267 g/mol. The van der Waals surface area contributed by atoms with Gasteiger partial charge in [0.2, 0.25) is 10.0 Å². The fourth-order valence-electron chi connectivity index (χ4n) is 2.98. The molecule has 6 heteroatoms. The predicted molar refractivity (Wildman–Crippen MR) is 69.7 cm³/mol. The fraction of sp³-hybridized carbons (Fsp3) is 0.538. The van der Waals surface area contributed by atoms with E-state index in [0.717, 1.165) is 32.5 Å². The summed E-state index contributed by atoms with van der Waals surface area (Å²) in [7, 11) is -3.54. The van der Waals surface area contributed by atoms with E-state index in [1.165, 1.54) is 24.3 Å². The molecule has 104 valence electrons. The smallest absolute Gasteiger partial charge is 0.240 e. The number of sulfonamides is 1. The summed E-state index contributed by atoms with van der Waals surface area (Å²) in [5.74, 6) is 0.00186. The van der Waals surface area contributed by atoms with E-state index < -0.39 is 15.8 Å². The molecule has 3 heterocycles. The van der Waals surface area contributed by atoms with Gasteiger partial charge in [-0.15, -0.1) is 0 Å². The van der Waals surface area contributed by atoms with Crippen LogP contribution >= 0.6 is 0 Å². The number of benzene rings is 1. The van der Waals surface area contributed by atoms with Gasteiger partial charge in [-0.1, -0.05) is 0 Å². The van der Waals surface area contributed by atoms with Crippen molar-refractivity contribution in [3.05, 3.63) is 30.1 Å². The summed E-state index contributed by atoms with van der Waals surface area (Å²) in [6.45, 7) is 2.92. The van der Waals surface area contributed by atoms with Crippen LogP contribution in [0.2, 0.25) is 0 Å². The molecule has 4 nitrogen and oxygen atoms in total. The summed E-state index contributed by atoms with van der Waals surface area (Å²) in [6.07, 6.45) is 2.10. The SMILES string of the molecule is O=S(=O)(NC1CN2CCC1CC2)c1ccc(F)cc1. The van der Waals surface area contributed by atoms with Gasteiger partial charge in [0.05, 0.1) is 4.90 Å². The lowest BCUT2D eigenvalue weighted by Gasteiger charge is -2.44. The van der Waals surface area contributed by atoms with E-state index in [0.29, 0.717) is 5.92 Å². The molecule has 0 radical (unpaired) electrons. The van der Waals surface area contributed by atoms with Crippen molar-refractivity contribution in [3.63, 3.8) is 0 Å². The summed E-state index contributed by atoms with van der Waals surface area (Å²) in [5.41, 5.74) is 0. The second-order valence-corrected chi connectivity index (χ2v) is 7.03. The summed E-state index contributed by atoms with van der Waals surface area (Å²) in [4.78, 5) is 2.42. The lowest BCUT2D eigenvalue weighted by Crippen LogP contribution is -2.57. The number of fused-ring (bicyclic) bond motifs is 3. The van der Waals surface area contributed by atoms with Crippen molar-refractivity contribution in [2.75, 3.05) is 19.6 Å². The first-order valence-corrected chi connectivity index (χ1v) is 8.03. The van der Waals surface area contributed by atoms with Gasteiger partial charge in [-0.25, -0.2) is 17.5 Å². The largest absolute Gasteiger partial charge is 0.302 e. The Morgan fingerprint density at radius 3 is 2.32 bits per heavy atom. The van der Waals surface area contributed by atoms with Crippen molar-refractivity contribution in [1.82, 2.24) is 9.62 Å². The highest BCUT2D eigenvalue weighted by molar-refractivity contribution is 7.89. The van der Waals surface area contributed by atoms with Crippen molar-refractivity contribution in [2.24, 2.45) is 5.92 Å². The monoisotopic (exact) mass is 284 g/mol. The zero-order valence-electron chi connectivity index (χ0n) is 10.5. The van der Waals surface area contributed by atoms with Gasteiger partial charge >= 0.3 is 0 Å². The molecule has 3 aliphatic rings. The molecule has 1 unspecified atom stereocenters. The average Bonchev–Trinajstić information content (AvgIpc) is 2.40. The van der Waals surface area contributed by atoms with Gasteiger partial charge in [-0.2, -0.15) is 0 Å². The van der Waals surface area contributed by atoms with Crippen molar-refractivity contribution in [2.45, 2.75) is 23.8 Å². The number of hydrogen-bond donors (Lipinski definition) is 1. The Kier molecular flexibility index (Phi) is 3.32. The second kappa shape index (κ2) is 4.85. The van der Waals surface area contributed by atoms with Crippen LogP contribution in [-0.2, 0) is 10.0 Å². The second-order valence-electron chi connectivity index (χ2n) is 5.32. The number of piperidine rings is 3. The van der Waals surface area contributed by atoms with Crippen molar-refractivity contribution < 1.29 is 12.8 Å². The number of rotatable bonds is 3. The highest BCUT2D eigenvalue weighted by Crippen LogP contribution is 2.28. The molecule has 3 fully saturated rings. The van der Waals surface area contributed by atoms with Crippen LogP contribution in [0, 0.1) is 11.7 Å². The maximum Gasteiger partial charge on any atom is 0.240 e. The Morgan fingerprint density at radius 1 is 1.16 bits per heavy atom. The van der Waals surface area contributed by atoms with Crippen molar-refractivity contribution >= 4 is 10.0 Å². The third-order valence-electron chi connectivity index (χ3n) is 4.09. The van der Waals surface area contributed by atoms with Crippen LogP contribution in [0.25, 0.3) is 0 Å². The normalized spacial score (nSPS) is 30.5. The minimum absolute atomic E-state index is 0.0162. The molecule has 1 aromatic carbocycles. The average molecular weight is 284 g/mol. The first-order chi connectivity index (χ1) is 9.04. The molecule has 3 saturated heterocycles. The van der Waals surface area contributed by atoms with Crippen LogP contribution in [0.15, 0.2) is 29.2 Å². The molecule has 0 aromatic heterocycles. The van der Waals surface area contributed by atoms with E-state index in [1.54, 1.807) is 0 Å². The number of nitrogens with zero attached hydrogens (tertiary/aromatic N) is 1. The summed E-state index contributed by atoms with van der Waals surface area (Å²) >= 11 is 0. The number of halogens is 1. The third kappa shape index (κ3) is 2.66. The summed E-state index contributed by atoms with van der Waals surface area (Å²) < 4.78 is 40.1. The zero-order chi connectivity index (χ0) is 13.5. The van der Waals surface area contributed by atoms with Crippen molar-refractivity contribution in [1.29, 1.82) is 0 Å². The Bertz CT molecular complexity index is 551. The minimum Gasteiger partial charge on any atom is -0.302 e. The van der Waals surface area contributed by atoms with Crippen LogP contribution in [-0.4, -0.2) is 39.0 Å². The molecule has 0 amide bonds. The van der Waals surface area contributed by atoms with Gasteiger partial charge in [0.1, 0.15) is 5.82 Å². The van der Waals surface area contributed by atoms with E-state index in [1.807, 2.05) is 0 Å². The van der Waals surface area contributed by atoms with Crippen LogP contribution in [0.4, 0.5) is 4.39 Å². The van der Waals surface area contributed by atoms with Gasteiger partial charge < -0.3 is 4.90 Å². The van der Waals surface area contributed by atoms with Crippen LogP contribution < -0.4 is 4.72 Å². The molecule has 1 atom stereocenters. The molecule has 19 heavy (non-hydrogen) atoms. The predicted octanol–water partition coefficient (Wildman–Crippen LogP) is 1.20. The maximum atomic E-state index is 12.8. The van der Waals surface area contributed by atoms with E-state index in [2.05, 4.69) is 9.62 Å². The van der Waals surface area contributed by atoms with E-state index in [-0.39, 0.29) is 10.9 Å². The van der Waals surface area contributed by atoms with Gasteiger partial charge in [0.25, 0.3) is 0 Å². The first-order valence-electron chi connectivity index (χ1n) is 6.55. The minimum atomic E-state index is -3.54. The first kappa shape index (κ1) is 13.0. The fourth-order valence-corrected chi connectivity index (χ4v) is 4.28. The van der Waals surface area contributed by atoms with Gasteiger partial charge in [-0.05, 0) is 56.1 Å². The highest BCUT2D eigenvalue weighted by Gasteiger charge is 2.36. The highest BCUT2D eigenvalue weighted by atomic mass is 32.2. The van der Waals surface area contributed by atoms with Gasteiger partial charge in [0.15, 0.2) is 0 Å². The summed E-state index contributed by atoms with van der Waals surface area (Å²) in [5, 5.41) is 0.